The molecule has 1 fully saturated rings. The van der Waals surface area contributed by atoms with Gasteiger partial charge in [0.25, 0.3) is 5.91 Å². The summed E-state index contributed by atoms with van der Waals surface area (Å²) in [7, 11) is 0. The average molecular weight is 383 g/mol. The molecule has 1 aliphatic rings. The molecule has 2 aromatic rings. The minimum atomic E-state index is -0.466. The molecule has 0 radical (unpaired) electrons. The van der Waals surface area contributed by atoms with Crippen LogP contribution >= 0.6 is 34.5 Å². The molecule has 1 saturated heterocycles. The zero-order valence-corrected chi connectivity index (χ0v) is 15.1. The second kappa shape index (κ2) is 7.55. The van der Waals surface area contributed by atoms with Gasteiger partial charge in [-0.25, -0.2) is 0 Å². The van der Waals surface area contributed by atoms with E-state index >= 15 is 0 Å². The summed E-state index contributed by atoms with van der Waals surface area (Å²) in [4.78, 5) is 26.8. The van der Waals surface area contributed by atoms with Crippen LogP contribution in [0, 0.1) is 0 Å². The topological polar surface area (TPSA) is 49.4 Å². The number of hydrogen-bond donors (Lipinski definition) is 1. The number of halogens is 2. The lowest BCUT2D eigenvalue weighted by Crippen LogP contribution is -2.45. The molecule has 0 spiro atoms. The van der Waals surface area contributed by atoms with Gasteiger partial charge in [-0.1, -0.05) is 23.2 Å². The van der Waals surface area contributed by atoms with Crippen molar-refractivity contribution < 1.29 is 9.59 Å². The van der Waals surface area contributed by atoms with E-state index in [9.17, 15) is 9.59 Å². The van der Waals surface area contributed by atoms with Crippen LogP contribution in [0.15, 0.2) is 35.0 Å². The van der Waals surface area contributed by atoms with Crippen LogP contribution in [0.5, 0.6) is 0 Å². The predicted octanol–water partition coefficient (Wildman–Crippen LogP) is 3.98. The summed E-state index contributed by atoms with van der Waals surface area (Å²) < 4.78 is 0. The van der Waals surface area contributed by atoms with E-state index in [1.807, 2.05) is 16.8 Å². The highest BCUT2D eigenvalue weighted by Crippen LogP contribution is 2.26. The van der Waals surface area contributed by atoms with E-state index in [1.165, 1.54) is 0 Å². The molecule has 1 aliphatic heterocycles. The maximum atomic E-state index is 12.8. The van der Waals surface area contributed by atoms with Gasteiger partial charge in [0.15, 0.2) is 0 Å². The Morgan fingerprint density at radius 3 is 2.88 bits per heavy atom. The molecule has 0 aliphatic carbocycles. The quantitative estimate of drug-likeness (QED) is 0.869. The Bertz CT molecular complexity index is 749. The van der Waals surface area contributed by atoms with Gasteiger partial charge in [0, 0.05) is 18.1 Å². The van der Waals surface area contributed by atoms with E-state index in [0.29, 0.717) is 35.1 Å². The number of carbonyl (C=O) groups is 2. The molecule has 0 bridgehead atoms. The summed E-state index contributed by atoms with van der Waals surface area (Å²) in [6.45, 7) is 1.01. The molecular weight excluding hydrogens is 367 g/mol. The number of benzene rings is 1. The number of amides is 2. The van der Waals surface area contributed by atoms with E-state index in [0.717, 1.165) is 12.0 Å². The normalized spacial score (nSPS) is 17.1. The lowest BCUT2D eigenvalue weighted by atomic mass is 10.1. The molecule has 2 heterocycles. The monoisotopic (exact) mass is 382 g/mol. The van der Waals surface area contributed by atoms with E-state index < -0.39 is 6.04 Å². The van der Waals surface area contributed by atoms with Crippen molar-refractivity contribution >= 4 is 46.4 Å². The molecular formula is C17H16Cl2N2O2S. The molecule has 1 atom stereocenters. The smallest absolute Gasteiger partial charge is 0.256 e. The fourth-order valence-electron chi connectivity index (χ4n) is 2.80. The van der Waals surface area contributed by atoms with Gasteiger partial charge in [0.2, 0.25) is 5.91 Å². The number of carbonyl (C=O) groups excluding carboxylic acids is 2. The Labute approximate surface area is 154 Å². The second-order valence-corrected chi connectivity index (χ2v) is 7.25. The molecule has 3 rings (SSSR count). The highest BCUT2D eigenvalue weighted by Gasteiger charge is 2.35. The molecule has 4 nitrogen and oxygen atoms in total. The number of hydrogen-bond acceptors (Lipinski definition) is 3. The van der Waals surface area contributed by atoms with Crippen LogP contribution in [-0.2, 0) is 11.3 Å². The van der Waals surface area contributed by atoms with Crippen molar-refractivity contribution in [3.8, 4) is 0 Å². The maximum absolute atomic E-state index is 12.8. The van der Waals surface area contributed by atoms with Gasteiger partial charge in [-0.3, -0.25) is 9.59 Å². The van der Waals surface area contributed by atoms with Gasteiger partial charge >= 0.3 is 0 Å². The molecule has 7 heteroatoms. The molecule has 1 aromatic carbocycles. The SMILES string of the molecule is O=C(NCc1ccsc1)C1CCCN1C(=O)c1cc(Cl)ccc1Cl. The third-order valence-corrected chi connectivity index (χ3v) is 5.32. The fourth-order valence-corrected chi connectivity index (χ4v) is 3.84. The van der Waals surface area contributed by atoms with E-state index in [-0.39, 0.29) is 11.8 Å². The Morgan fingerprint density at radius 1 is 1.29 bits per heavy atom. The Hall–Kier alpha value is -1.56. The molecule has 2 amide bonds. The van der Waals surface area contributed by atoms with Crippen molar-refractivity contribution in [2.45, 2.75) is 25.4 Å². The second-order valence-electron chi connectivity index (χ2n) is 5.63. The third kappa shape index (κ3) is 3.74. The predicted molar refractivity (Wildman–Crippen MR) is 96.7 cm³/mol. The zero-order chi connectivity index (χ0) is 17.1. The van der Waals surface area contributed by atoms with E-state index in [1.54, 1.807) is 34.4 Å². The highest BCUT2D eigenvalue weighted by atomic mass is 35.5. The number of likely N-dealkylation sites (tertiary alicyclic amines) is 1. The van der Waals surface area contributed by atoms with Crippen molar-refractivity contribution in [1.29, 1.82) is 0 Å². The van der Waals surface area contributed by atoms with E-state index in [2.05, 4.69) is 5.32 Å². The number of rotatable bonds is 4. The van der Waals surface area contributed by atoms with Crippen molar-refractivity contribution in [3.63, 3.8) is 0 Å². The molecule has 24 heavy (non-hydrogen) atoms. The van der Waals surface area contributed by atoms with E-state index in [4.69, 9.17) is 23.2 Å². The largest absolute Gasteiger partial charge is 0.350 e. The van der Waals surface area contributed by atoms with Crippen LogP contribution in [0.2, 0.25) is 10.0 Å². The van der Waals surface area contributed by atoms with Crippen LogP contribution in [-0.4, -0.2) is 29.3 Å². The molecule has 1 aromatic heterocycles. The van der Waals surface area contributed by atoms with Crippen LogP contribution in [0.4, 0.5) is 0 Å². The van der Waals surface area contributed by atoms with Gasteiger partial charge in [-0.2, -0.15) is 11.3 Å². The van der Waals surface area contributed by atoms with Gasteiger partial charge in [0.05, 0.1) is 10.6 Å². The van der Waals surface area contributed by atoms with Gasteiger partial charge in [-0.05, 0) is 53.4 Å². The summed E-state index contributed by atoms with van der Waals surface area (Å²) in [5.74, 6) is -0.388. The minimum absolute atomic E-state index is 0.134. The number of nitrogens with one attached hydrogen (secondary N) is 1. The lowest BCUT2D eigenvalue weighted by molar-refractivity contribution is -0.125. The zero-order valence-electron chi connectivity index (χ0n) is 12.8. The van der Waals surface area contributed by atoms with Crippen molar-refractivity contribution in [2.75, 3.05) is 6.54 Å². The molecule has 126 valence electrons. The average Bonchev–Trinajstić information content (AvgIpc) is 3.25. The fraction of sp³-hybridized carbons (Fsp3) is 0.294. The van der Waals surface area contributed by atoms with Crippen molar-refractivity contribution in [2.24, 2.45) is 0 Å². The standard InChI is InChI=1S/C17H16Cl2N2O2S/c18-12-3-4-14(19)13(8-12)17(23)21-6-1-2-15(21)16(22)20-9-11-5-7-24-10-11/h3-5,7-8,10,15H,1-2,6,9H2,(H,20,22). The number of thiophene rings is 1. The van der Waals surface area contributed by atoms with Gasteiger partial charge in [0.1, 0.15) is 6.04 Å². The van der Waals surface area contributed by atoms with Crippen LogP contribution in [0.25, 0.3) is 0 Å². The van der Waals surface area contributed by atoms with Crippen molar-refractivity contribution in [3.05, 3.63) is 56.2 Å². The number of nitrogens with zero attached hydrogens (tertiary/aromatic N) is 1. The van der Waals surface area contributed by atoms with Crippen LogP contribution < -0.4 is 5.32 Å². The summed E-state index contributed by atoms with van der Waals surface area (Å²) in [6.07, 6.45) is 1.44. The molecule has 0 saturated carbocycles. The Balaban J connectivity index is 1.71. The molecule has 1 unspecified atom stereocenters. The maximum Gasteiger partial charge on any atom is 0.256 e. The highest BCUT2D eigenvalue weighted by molar-refractivity contribution is 7.07. The third-order valence-electron chi connectivity index (χ3n) is 4.02. The summed E-state index contributed by atoms with van der Waals surface area (Å²) in [5.41, 5.74) is 1.39. The minimum Gasteiger partial charge on any atom is -0.350 e. The molecule has 1 N–H and O–H groups in total. The van der Waals surface area contributed by atoms with Crippen LogP contribution in [0.1, 0.15) is 28.8 Å². The first kappa shape index (κ1) is 17.3. The van der Waals surface area contributed by atoms with Gasteiger partial charge < -0.3 is 10.2 Å². The van der Waals surface area contributed by atoms with Crippen LogP contribution in [0.3, 0.4) is 0 Å². The summed E-state index contributed by atoms with van der Waals surface area (Å²) in [6, 6.07) is 6.28. The summed E-state index contributed by atoms with van der Waals surface area (Å²) in [5, 5.41) is 7.65. The first-order valence-corrected chi connectivity index (χ1v) is 9.31. The lowest BCUT2D eigenvalue weighted by Gasteiger charge is -2.24. The summed E-state index contributed by atoms with van der Waals surface area (Å²) >= 11 is 13.7. The van der Waals surface area contributed by atoms with Crippen molar-refractivity contribution in [1.82, 2.24) is 10.2 Å². The Kier molecular flexibility index (Phi) is 5.43. The van der Waals surface area contributed by atoms with Gasteiger partial charge in [-0.15, -0.1) is 0 Å². The first-order valence-electron chi connectivity index (χ1n) is 7.61. The Morgan fingerprint density at radius 2 is 2.12 bits per heavy atom. The first-order chi connectivity index (χ1) is 11.6.